The Labute approximate surface area is 174 Å². The van der Waals surface area contributed by atoms with Crippen molar-refractivity contribution in [1.82, 2.24) is 0 Å². The van der Waals surface area contributed by atoms with Crippen molar-refractivity contribution in [2.45, 2.75) is 32.9 Å². The maximum absolute atomic E-state index is 12.6. The number of methoxy groups -OCH3 is 1. The number of ether oxygens (including phenoxy) is 3. The second kappa shape index (κ2) is 8.44. The second-order valence-electron chi connectivity index (χ2n) is 7.77. The fourth-order valence-corrected chi connectivity index (χ4v) is 2.97. The van der Waals surface area contributed by atoms with Gasteiger partial charge in [0.1, 0.15) is 11.4 Å². The van der Waals surface area contributed by atoms with Gasteiger partial charge in [0.2, 0.25) is 0 Å². The summed E-state index contributed by atoms with van der Waals surface area (Å²) < 4.78 is 15.5. The third-order valence-corrected chi connectivity index (χ3v) is 4.24. The topological polar surface area (TPSA) is 94.2 Å². The summed E-state index contributed by atoms with van der Waals surface area (Å²) in [7, 11) is 1.32. The van der Waals surface area contributed by atoms with Gasteiger partial charge in [-0.2, -0.15) is 0 Å². The summed E-state index contributed by atoms with van der Waals surface area (Å²) in [4.78, 5) is 38.0. The second-order valence-corrected chi connectivity index (χ2v) is 7.77. The van der Waals surface area contributed by atoms with Gasteiger partial charge in [-0.05, 0) is 56.7 Å². The summed E-state index contributed by atoms with van der Waals surface area (Å²) in [5.41, 5.74) is 1.51. The van der Waals surface area contributed by atoms with Gasteiger partial charge in [-0.3, -0.25) is 10.1 Å². The molecule has 0 fully saturated rings. The van der Waals surface area contributed by atoms with Crippen LogP contribution in [0.1, 0.15) is 36.7 Å². The number of fused-ring (bicyclic) bond motifs is 1. The lowest BCUT2D eigenvalue weighted by Gasteiger charge is -2.30. The first-order valence-corrected chi connectivity index (χ1v) is 9.41. The van der Waals surface area contributed by atoms with Crippen molar-refractivity contribution in [2.24, 2.45) is 0 Å². The largest absolute Gasteiger partial charge is 0.482 e. The van der Waals surface area contributed by atoms with E-state index in [1.807, 2.05) is 6.07 Å². The summed E-state index contributed by atoms with van der Waals surface area (Å²) in [5, 5.41) is 2.66. The standard InChI is InChI=1S/C22H24N2O6/c1-22(2,3)30-21(27)23-16-8-9-18-17(11-16)24(19(25)13-29-18)12-14-6-5-7-15(10-14)20(26)28-4/h5-11H,12-13H2,1-4H3,(H,23,27). The summed E-state index contributed by atoms with van der Waals surface area (Å²) >= 11 is 0. The van der Waals surface area contributed by atoms with E-state index in [0.717, 1.165) is 5.56 Å². The van der Waals surface area contributed by atoms with Gasteiger partial charge >= 0.3 is 12.1 Å². The number of hydrogen-bond donors (Lipinski definition) is 1. The van der Waals surface area contributed by atoms with Gasteiger partial charge in [-0.15, -0.1) is 0 Å². The third kappa shape index (κ3) is 5.08. The van der Waals surface area contributed by atoms with E-state index in [0.29, 0.717) is 22.7 Å². The highest BCUT2D eigenvalue weighted by Crippen LogP contribution is 2.35. The van der Waals surface area contributed by atoms with E-state index in [1.165, 1.54) is 7.11 Å². The number of carbonyl (C=O) groups is 3. The Morgan fingerprint density at radius 1 is 1.17 bits per heavy atom. The Kier molecular flexibility index (Phi) is 5.96. The quantitative estimate of drug-likeness (QED) is 0.769. The first-order chi connectivity index (χ1) is 14.2. The zero-order valence-electron chi connectivity index (χ0n) is 17.4. The molecule has 30 heavy (non-hydrogen) atoms. The van der Waals surface area contributed by atoms with Crippen LogP contribution in [0.5, 0.6) is 5.75 Å². The molecule has 158 valence electrons. The van der Waals surface area contributed by atoms with Crippen LogP contribution in [0.2, 0.25) is 0 Å². The predicted octanol–water partition coefficient (Wildman–Crippen LogP) is 3.75. The number of nitrogens with one attached hydrogen (secondary N) is 1. The smallest absolute Gasteiger partial charge is 0.412 e. The molecule has 0 atom stereocenters. The molecule has 8 nitrogen and oxygen atoms in total. The van der Waals surface area contributed by atoms with Crippen LogP contribution in [0, 0.1) is 0 Å². The lowest BCUT2D eigenvalue weighted by molar-refractivity contribution is -0.121. The van der Waals surface area contributed by atoms with Crippen molar-refractivity contribution >= 4 is 29.3 Å². The fourth-order valence-electron chi connectivity index (χ4n) is 2.97. The van der Waals surface area contributed by atoms with Crippen LogP contribution < -0.4 is 15.0 Å². The molecule has 3 rings (SSSR count). The molecule has 1 N–H and O–H groups in total. The average molecular weight is 412 g/mol. The number of esters is 1. The molecule has 2 amide bonds. The van der Waals surface area contributed by atoms with Gasteiger partial charge in [0.15, 0.2) is 6.61 Å². The minimum Gasteiger partial charge on any atom is -0.482 e. The first-order valence-electron chi connectivity index (χ1n) is 9.41. The number of carbonyl (C=O) groups excluding carboxylic acids is 3. The molecule has 0 spiro atoms. The monoisotopic (exact) mass is 412 g/mol. The molecule has 2 aromatic rings. The maximum atomic E-state index is 12.6. The van der Waals surface area contributed by atoms with Crippen molar-refractivity contribution in [1.29, 1.82) is 0 Å². The minimum absolute atomic E-state index is 0.0947. The highest BCUT2D eigenvalue weighted by molar-refractivity contribution is 5.99. The van der Waals surface area contributed by atoms with Gasteiger partial charge in [0, 0.05) is 5.69 Å². The van der Waals surface area contributed by atoms with Crippen molar-refractivity contribution < 1.29 is 28.6 Å². The fraction of sp³-hybridized carbons (Fsp3) is 0.318. The van der Waals surface area contributed by atoms with Gasteiger partial charge in [0.25, 0.3) is 5.91 Å². The molecule has 1 heterocycles. The molecule has 0 saturated carbocycles. The van der Waals surface area contributed by atoms with E-state index in [1.54, 1.807) is 62.1 Å². The number of anilines is 2. The maximum Gasteiger partial charge on any atom is 0.412 e. The number of benzene rings is 2. The van der Waals surface area contributed by atoms with Gasteiger partial charge in [-0.1, -0.05) is 12.1 Å². The van der Waals surface area contributed by atoms with Crippen molar-refractivity contribution in [3.05, 3.63) is 53.6 Å². The molecule has 0 unspecified atom stereocenters. The molecule has 1 aliphatic heterocycles. The first kappa shape index (κ1) is 21.2. The number of amides is 2. The number of hydrogen-bond acceptors (Lipinski definition) is 6. The zero-order valence-corrected chi connectivity index (χ0v) is 17.4. The zero-order chi connectivity index (χ0) is 21.9. The Balaban J connectivity index is 1.85. The van der Waals surface area contributed by atoms with E-state index in [2.05, 4.69) is 5.32 Å². The van der Waals surface area contributed by atoms with Crippen molar-refractivity contribution in [2.75, 3.05) is 23.9 Å². The van der Waals surface area contributed by atoms with Crippen LogP contribution >= 0.6 is 0 Å². The molecule has 2 aromatic carbocycles. The van der Waals surface area contributed by atoms with Crippen LogP contribution in [0.4, 0.5) is 16.2 Å². The predicted molar refractivity (Wildman–Crippen MR) is 111 cm³/mol. The summed E-state index contributed by atoms with van der Waals surface area (Å²) in [6.07, 6.45) is -0.595. The van der Waals surface area contributed by atoms with Crippen LogP contribution in [0.3, 0.4) is 0 Å². The molecule has 0 aromatic heterocycles. The SMILES string of the molecule is COC(=O)c1cccc(CN2C(=O)COc3ccc(NC(=O)OC(C)(C)C)cc32)c1. The summed E-state index contributed by atoms with van der Waals surface area (Å²) in [6.45, 7) is 5.46. The van der Waals surface area contributed by atoms with E-state index in [9.17, 15) is 14.4 Å². The molecular formula is C22H24N2O6. The lowest BCUT2D eigenvalue weighted by Crippen LogP contribution is -2.38. The Hall–Kier alpha value is -3.55. The molecule has 8 heteroatoms. The van der Waals surface area contributed by atoms with E-state index in [-0.39, 0.29) is 19.1 Å². The number of rotatable bonds is 4. The van der Waals surface area contributed by atoms with Crippen LogP contribution in [0.25, 0.3) is 0 Å². The molecule has 0 aliphatic carbocycles. The molecule has 0 radical (unpaired) electrons. The highest BCUT2D eigenvalue weighted by atomic mass is 16.6. The molecule has 1 aliphatic rings. The van der Waals surface area contributed by atoms with Crippen molar-refractivity contribution in [3.63, 3.8) is 0 Å². The molecule has 0 bridgehead atoms. The average Bonchev–Trinajstić information content (AvgIpc) is 2.68. The van der Waals surface area contributed by atoms with Crippen molar-refractivity contribution in [3.8, 4) is 5.75 Å². The lowest BCUT2D eigenvalue weighted by atomic mass is 10.1. The highest BCUT2D eigenvalue weighted by Gasteiger charge is 2.27. The Morgan fingerprint density at radius 3 is 2.63 bits per heavy atom. The van der Waals surface area contributed by atoms with Gasteiger partial charge in [0.05, 0.1) is 24.9 Å². The normalized spacial score (nSPS) is 13.2. The van der Waals surface area contributed by atoms with E-state index >= 15 is 0 Å². The molecular weight excluding hydrogens is 388 g/mol. The summed E-state index contributed by atoms with van der Waals surface area (Å²) in [5.74, 6) is -0.164. The third-order valence-electron chi connectivity index (χ3n) is 4.24. The number of nitrogens with zero attached hydrogens (tertiary/aromatic N) is 1. The Morgan fingerprint density at radius 2 is 1.93 bits per heavy atom. The van der Waals surface area contributed by atoms with Gasteiger partial charge < -0.3 is 19.1 Å². The van der Waals surface area contributed by atoms with E-state index in [4.69, 9.17) is 14.2 Å². The van der Waals surface area contributed by atoms with E-state index < -0.39 is 17.7 Å². The minimum atomic E-state index is -0.631. The van der Waals surface area contributed by atoms with Gasteiger partial charge in [-0.25, -0.2) is 9.59 Å². The Bertz CT molecular complexity index is 980. The van der Waals surface area contributed by atoms with Crippen LogP contribution in [0.15, 0.2) is 42.5 Å². The molecule has 0 saturated heterocycles. The summed E-state index contributed by atoms with van der Waals surface area (Å²) in [6, 6.07) is 11.9. The van der Waals surface area contributed by atoms with Crippen LogP contribution in [-0.4, -0.2) is 37.3 Å². The van der Waals surface area contributed by atoms with Crippen LogP contribution in [-0.2, 0) is 20.8 Å².